The maximum absolute atomic E-state index is 12.5. The first-order valence-electron chi connectivity index (χ1n) is 8.53. The molecule has 0 unspecified atom stereocenters. The van der Waals surface area contributed by atoms with E-state index in [0.717, 1.165) is 28.9 Å². The van der Waals surface area contributed by atoms with Crippen LogP contribution in [-0.4, -0.2) is 21.4 Å². The van der Waals surface area contributed by atoms with E-state index in [-0.39, 0.29) is 5.56 Å². The number of halogens is 3. The zero-order chi connectivity index (χ0) is 19.0. The van der Waals surface area contributed by atoms with Crippen LogP contribution in [0.5, 0.6) is 0 Å². The number of hydrogen-bond acceptors (Lipinski definition) is 3. The number of fused-ring (bicyclic) bond motifs is 1. The fraction of sp³-hybridized carbons (Fsp3) is 0.200. The molecule has 0 saturated heterocycles. The summed E-state index contributed by atoms with van der Waals surface area (Å²) in [5.74, 6) is 0.558. The Bertz CT molecular complexity index is 1030. The molecule has 1 aliphatic rings. The first-order chi connectivity index (χ1) is 13.0. The summed E-state index contributed by atoms with van der Waals surface area (Å²) < 4.78 is 0. The highest BCUT2D eigenvalue weighted by molar-refractivity contribution is 6.34. The van der Waals surface area contributed by atoms with Crippen molar-refractivity contribution in [3.8, 4) is 11.4 Å². The fourth-order valence-electron chi connectivity index (χ4n) is 3.33. The molecule has 4 nitrogen and oxygen atoms in total. The minimum Gasteiger partial charge on any atom is -0.306 e. The Labute approximate surface area is 171 Å². The van der Waals surface area contributed by atoms with Gasteiger partial charge in [0.25, 0.3) is 5.56 Å². The van der Waals surface area contributed by atoms with E-state index >= 15 is 0 Å². The third-order valence-electron chi connectivity index (χ3n) is 4.60. The minimum atomic E-state index is -0.0737. The van der Waals surface area contributed by atoms with Gasteiger partial charge in [0.05, 0.1) is 5.69 Å². The maximum Gasteiger partial charge on any atom is 0.254 e. The molecule has 0 spiro atoms. The average Bonchev–Trinajstić information content (AvgIpc) is 2.61. The zero-order valence-corrected chi connectivity index (χ0v) is 16.6. The lowest BCUT2D eigenvalue weighted by Crippen LogP contribution is -2.35. The molecule has 1 aliphatic heterocycles. The summed E-state index contributed by atoms with van der Waals surface area (Å²) >= 11 is 18.1. The van der Waals surface area contributed by atoms with E-state index in [1.54, 1.807) is 18.2 Å². The summed E-state index contributed by atoms with van der Waals surface area (Å²) in [6.07, 6.45) is 0.660. The van der Waals surface area contributed by atoms with Crippen molar-refractivity contribution >= 4 is 34.8 Å². The van der Waals surface area contributed by atoms with Gasteiger partial charge in [0.2, 0.25) is 0 Å². The third-order valence-corrected chi connectivity index (χ3v) is 5.29. The molecule has 0 aliphatic carbocycles. The Balaban J connectivity index is 1.61. The number of nitrogens with zero attached hydrogens (tertiary/aromatic N) is 2. The quantitative estimate of drug-likeness (QED) is 0.652. The van der Waals surface area contributed by atoms with Crippen LogP contribution in [0.2, 0.25) is 15.1 Å². The SMILES string of the molecule is O=c1[nH]c(-c2ccc(Cl)cc2)nc2c1CCN(Cc1cc(Cl)cc(Cl)c1)C2. The second kappa shape index (κ2) is 7.64. The topological polar surface area (TPSA) is 49.0 Å². The number of rotatable bonds is 3. The van der Waals surface area contributed by atoms with Gasteiger partial charge in [-0.25, -0.2) is 4.98 Å². The molecule has 27 heavy (non-hydrogen) atoms. The van der Waals surface area contributed by atoms with E-state index in [2.05, 4.69) is 9.88 Å². The Morgan fingerprint density at radius 2 is 1.70 bits per heavy atom. The standard InChI is InChI=1S/C20H16Cl3N3O/c21-14-3-1-13(2-4-14)19-24-18-11-26(6-5-17(18)20(27)25-19)10-12-7-15(22)9-16(23)8-12/h1-4,7-9H,5-6,10-11H2,(H,24,25,27). The summed E-state index contributed by atoms with van der Waals surface area (Å²) in [4.78, 5) is 22.3. The molecule has 2 aromatic carbocycles. The van der Waals surface area contributed by atoms with E-state index in [0.29, 0.717) is 40.4 Å². The fourth-order valence-corrected chi connectivity index (χ4v) is 4.03. The smallest absolute Gasteiger partial charge is 0.254 e. The van der Waals surface area contributed by atoms with Crippen LogP contribution >= 0.6 is 34.8 Å². The zero-order valence-electron chi connectivity index (χ0n) is 14.3. The van der Waals surface area contributed by atoms with E-state index in [1.165, 1.54) is 0 Å². The van der Waals surface area contributed by atoms with Gasteiger partial charge >= 0.3 is 0 Å². The van der Waals surface area contributed by atoms with Crippen molar-refractivity contribution in [2.75, 3.05) is 6.54 Å². The van der Waals surface area contributed by atoms with Crippen LogP contribution < -0.4 is 5.56 Å². The normalized spacial score (nSPS) is 14.2. The Kier molecular flexibility index (Phi) is 5.24. The molecule has 0 amide bonds. The Morgan fingerprint density at radius 1 is 1.00 bits per heavy atom. The molecule has 0 fully saturated rings. The number of aromatic amines is 1. The number of aromatic nitrogens is 2. The van der Waals surface area contributed by atoms with Gasteiger partial charge in [-0.05, 0) is 54.4 Å². The number of hydrogen-bond donors (Lipinski definition) is 1. The van der Waals surface area contributed by atoms with Gasteiger partial charge in [-0.3, -0.25) is 9.69 Å². The molecule has 0 saturated carbocycles. The largest absolute Gasteiger partial charge is 0.306 e. The van der Waals surface area contributed by atoms with Crippen molar-refractivity contribution in [3.63, 3.8) is 0 Å². The molecule has 4 rings (SSSR count). The lowest BCUT2D eigenvalue weighted by molar-refractivity contribution is 0.240. The third kappa shape index (κ3) is 4.19. The second-order valence-corrected chi connectivity index (χ2v) is 7.89. The highest BCUT2D eigenvalue weighted by atomic mass is 35.5. The highest BCUT2D eigenvalue weighted by Crippen LogP contribution is 2.24. The molecule has 1 aromatic heterocycles. The van der Waals surface area contributed by atoms with Crippen LogP contribution in [0.4, 0.5) is 0 Å². The maximum atomic E-state index is 12.5. The van der Waals surface area contributed by atoms with Crippen molar-refractivity contribution in [1.82, 2.24) is 14.9 Å². The minimum absolute atomic E-state index is 0.0737. The van der Waals surface area contributed by atoms with Crippen LogP contribution in [0, 0.1) is 0 Å². The number of nitrogens with one attached hydrogen (secondary N) is 1. The molecule has 0 atom stereocenters. The molecule has 0 radical (unpaired) electrons. The highest BCUT2D eigenvalue weighted by Gasteiger charge is 2.21. The van der Waals surface area contributed by atoms with Crippen molar-refractivity contribution in [2.45, 2.75) is 19.5 Å². The Hall–Kier alpha value is -1.85. The van der Waals surface area contributed by atoms with Crippen LogP contribution in [-0.2, 0) is 19.5 Å². The number of H-pyrrole nitrogens is 1. The van der Waals surface area contributed by atoms with Gasteiger partial charge in [0, 0.05) is 45.8 Å². The molecular weight excluding hydrogens is 405 g/mol. The molecule has 138 valence electrons. The predicted molar refractivity (Wildman–Crippen MR) is 110 cm³/mol. The van der Waals surface area contributed by atoms with Gasteiger partial charge in [0.1, 0.15) is 5.82 Å². The molecular formula is C20H16Cl3N3O. The van der Waals surface area contributed by atoms with Gasteiger partial charge in [-0.2, -0.15) is 0 Å². The summed E-state index contributed by atoms with van der Waals surface area (Å²) in [5.41, 5.74) is 3.36. The molecule has 7 heteroatoms. The van der Waals surface area contributed by atoms with Crippen LogP contribution in [0.3, 0.4) is 0 Å². The molecule has 3 aromatic rings. The van der Waals surface area contributed by atoms with E-state index in [4.69, 9.17) is 39.8 Å². The molecule has 2 heterocycles. The van der Waals surface area contributed by atoms with Crippen molar-refractivity contribution in [3.05, 3.63) is 84.7 Å². The average molecular weight is 421 g/mol. The Morgan fingerprint density at radius 3 is 2.41 bits per heavy atom. The van der Waals surface area contributed by atoms with Crippen molar-refractivity contribution < 1.29 is 0 Å². The monoisotopic (exact) mass is 419 g/mol. The summed E-state index contributed by atoms with van der Waals surface area (Å²) in [6.45, 7) is 2.08. The van der Waals surface area contributed by atoms with Crippen molar-refractivity contribution in [2.24, 2.45) is 0 Å². The van der Waals surface area contributed by atoms with Gasteiger partial charge in [0.15, 0.2) is 0 Å². The van der Waals surface area contributed by atoms with E-state index < -0.39 is 0 Å². The summed E-state index contributed by atoms with van der Waals surface area (Å²) in [7, 11) is 0. The molecule has 1 N–H and O–H groups in total. The van der Waals surface area contributed by atoms with E-state index in [1.807, 2.05) is 24.3 Å². The number of benzene rings is 2. The molecule has 0 bridgehead atoms. The first kappa shape index (κ1) is 18.5. The van der Waals surface area contributed by atoms with Crippen LogP contribution in [0.1, 0.15) is 16.8 Å². The van der Waals surface area contributed by atoms with Crippen molar-refractivity contribution in [1.29, 1.82) is 0 Å². The summed E-state index contributed by atoms with van der Waals surface area (Å²) in [5, 5.41) is 1.88. The van der Waals surface area contributed by atoms with Gasteiger partial charge in [-0.1, -0.05) is 34.8 Å². The van der Waals surface area contributed by atoms with E-state index in [9.17, 15) is 4.79 Å². The predicted octanol–water partition coefficient (Wildman–Crippen LogP) is 4.96. The first-order valence-corrected chi connectivity index (χ1v) is 9.66. The van der Waals surface area contributed by atoms with Gasteiger partial charge < -0.3 is 4.98 Å². The van der Waals surface area contributed by atoms with Crippen LogP contribution in [0.15, 0.2) is 47.3 Å². The lowest BCUT2D eigenvalue weighted by Gasteiger charge is -2.27. The second-order valence-electron chi connectivity index (χ2n) is 6.59. The van der Waals surface area contributed by atoms with Gasteiger partial charge in [-0.15, -0.1) is 0 Å². The lowest BCUT2D eigenvalue weighted by atomic mass is 10.0. The summed E-state index contributed by atoms with van der Waals surface area (Å²) in [6, 6.07) is 12.8. The van der Waals surface area contributed by atoms with Crippen LogP contribution in [0.25, 0.3) is 11.4 Å².